The molecule has 0 saturated heterocycles. The number of nitrogens with zero attached hydrogens (tertiary/aromatic N) is 4. The molecule has 0 aromatic carbocycles. The minimum atomic E-state index is 0.681. The second-order valence-corrected chi connectivity index (χ2v) is 3.43. The van der Waals surface area contributed by atoms with Gasteiger partial charge >= 0.3 is 0 Å². The Labute approximate surface area is 76.8 Å². The first-order chi connectivity index (χ1) is 5.95. The van der Waals surface area contributed by atoms with Crippen LogP contribution < -0.4 is 5.32 Å². The summed E-state index contributed by atoms with van der Waals surface area (Å²) >= 11 is 2.68. The molecule has 2 heterocycles. The average molecular weight is 199 g/mol. The summed E-state index contributed by atoms with van der Waals surface area (Å²) in [6, 6.07) is 0. The molecule has 0 unspecified atom stereocenters. The molecule has 0 aliphatic rings. The highest BCUT2D eigenvalue weighted by atomic mass is 32.1. The average Bonchev–Trinajstić information content (AvgIpc) is 2.74. The van der Waals surface area contributed by atoms with E-state index in [1.54, 1.807) is 6.20 Å². The second kappa shape index (κ2) is 3.55. The van der Waals surface area contributed by atoms with E-state index in [1.165, 1.54) is 23.1 Å². The molecule has 0 amide bonds. The van der Waals surface area contributed by atoms with Crippen molar-refractivity contribution in [2.75, 3.05) is 5.32 Å². The Kier molecular flexibility index (Phi) is 2.23. The first kappa shape index (κ1) is 7.56. The molecule has 0 radical (unpaired) electrons. The minimum absolute atomic E-state index is 0.681. The maximum Gasteiger partial charge on any atom is 0.130 e. The Morgan fingerprint density at radius 2 is 2.42 bits per heavy atom. The topological polar surface area (TPSA) is 63.6 Å². The van der Waals surface area contributed by atoms with E-state index in [4.69, 9.17) is 0 Å². The van der Waals surface area contributed by atoms with Gasteiger partial charge in [-0.05, 0) is 11.5 Å². The minimum Gasteiger partial charge on any atom is -0.369 e. The Hall–Kier alpha value is -1.08. The third-order valence-electron chi connectivity index (χ3n) is 1.21. The van der Waals surface area contributed by atoms with Crippen LogP contribution in [0.25, 0.3) is 0 Å². The van der Waals surface area contributed by atoms with Crippen LogP contribution in [0.3, 0.4) is 0 Å². The quantitative estimate of drug-likeness (QED) is 0.799. The molecule has 0 atom stereocenters. The highest BCUT2D eigenvalue weighted by molar-refractivity contribution is 7.09. The number of aromatic nitrogens is 4. The van der Waals surface area contributed by atoms with Crippen LogP contribution in [-0.2, 0) is 6.54 Å². The normalized spacial score (nSPS) is 10.0. The van der Waals surface area contributed by atoms with Gasteiger partial charge in [-0.25, -0.2) is 0 Å². The van der Waals surface area contributed by atoms with Gasteiger partial charge in [0, 0.05) is 16.9 Å². The van der Waals surface area contributed by atoms with E-state index in [9.17, 15) is 0 Å². The molecule has 0 spiro atoms. The monoisotopic (exact) mass is 199 g/mol. The summed E-state index contributed by atoms with van der Waals surface area (Å²) in [4.78, 5) is 0. The van der Waals surface area contributed by atoms with E-state index in [0.29, 0.717) is 6.54 Å². The molecule has 2 aromatic rings. The molecule has 0 aliphatic carbocycles. The van der Waals surface area contributed by atoms with Crippen molar-refractivity contribution in [1.29, 1.82) is 0 Å². The molecule has 0 fully saturated rings. The largest absolute Gasteiger partial charge is 0.369 e. The van der Waals surface area contributed by atoms with Crippen molar-refractivity contribution in [2.45, 2.75) is 6.54 Å². The lowest BCUT2D eigenvalue weighted by Crippen LogP contribution is -1.97. The van der Waals surface area contributed by atoms with Gasteiger partial charge in [-0.15, -0.1) is 10.2 Å². The SMILES string of the molecule is c1snnc1CNc1cnns1. The fraction of sp³-hybridized carbons (Fsp3) is 0.200. The fourth-order valence-corrected chi connectivity index (χ4v) is 1.55. The molecule has 0 saturated carbocycles. The van der Waals surface area contributed by atoms with Crippen LogP contribution in [0, 0.1) is 0 Å². The maximum absolute atomic E-state index is 3.89. The third-order valence-corrected chi connectivity index (χ3v) is 2.39. The maximum atomic E-state index is 3.89. The number of nitrogens with one attached hydrogen (secondary N) is 1. The van der Waals surface area contributed by atoms with Crippen molar-refractivity contribution < 1.29 is 0 Å². The highest BCUT2D eigenvalue weighted by Crippen LogP contribution is 2.10. The van der Waals surface area contributed by atoms with Crippen LogP contribution in [0.15, 0.2) is 11.6 Å². The zero-order valence-corrected chi connectivity index (χ0v) is 7.60. The summed E-state index contributed by atoms with van der Waals surface area (Å²) in [5.74, 6) is 0. The van der Waals surface area contributed by atoms with E-state index < -0.39 is 0 Å². The predicted octanol–water partition coefficient (Wildman–Crippen LogP) is 1.00. The molecule has 62 valence electrons. The van der Waals surface area contributed by atoms with E-state index >= 15 is 0 Å². The highest BCUT2D eigenvalue weighted by Gasteiger charge is 1.97. The summed E-state index contributed by atoms with van der Waals surface area (Å²) in [5, 5.41) is 13.6. The molecule has 12 heavy (non-hydrogen) atoms. The van der Waals surface area contributed by atoms with E-state index in [-0.39, 0.29) is 0 Å². The van der Waals surface area contributed by atoms with Gasteiger partial charge in [-0.2, -0.15) is 0 Å². The first-order valence-corrected chi connectivity index (χ1v) is 4.83. The van der Waals surface area contributed by atoms with Crippen molar-refractivity contribution >= 4 is 28.1 Å². The summed E-state index contributed by atoms with van der Waals surface area (Å²) < 4.78 is 7.46. The van der Waals surface area contributed by atoms with Crippen LogP contribution in [0.4, 0.5) is 5.00 Å². The van der Waals surface area contributed by atoms with E-state index in [1.807, 2.05) is 5.38 Å². The van der Waals surface area contributed by atoms with E-state index in [0.717, 1.165) is 10.7 Å². The third kappa shape index (κ3) is 1.74. The van der Waals surface area contributed by atoms with Gasteiger partial charge in [-0.1, -0.05) is 8.98 Å². The lowest BCUT2D eigenvalue weighted by atomic mass is 10.5. The van der Waals surface area contributed by atoms with Crippen LogP contribution in [-0.4, -0.2) is 19.2 Å². The number of anilines is 1. The molecular formula is C5H5N5S2. The van der Waals surface area contributed by atoms with Crippen LogP contribution in [0.5, 0.6) is 0 Å². The first-order valence-electron chi connectivity index (χ1n) is 3.22. The Morgan fingerprint density at radius 1 is 1.42 bits per heavy atom. The van der Waals surface area contributed by atoms with Gasteiger partial charge in [0.15, 0.2) is 0 Å². The molecule has 1 N–H and O–H groups in total. The zero-order chi connectivity index (χ0) is 8.23. The smallest absolute Gasteiger partial charge is 0.130 e. The fourth-order valence-electron chi connectivity index (χ4n) is 0.684. The van der Waals surface area contributed by atoms with Gasteiger partial charge in [0.25, 0.3) is 0 Å². The predicted molar refractivity (Wildman–Crippen MR) is 47.1 cm³/mol. The van der Waals surface area contributed by atoms with Gasteiger partial charge in [-0.3, -0.25) is 0 Å². The van der Waals surface area contributed by atoms with E-state index in [2.05, 4.69) is 24.5 Å². The van der Waals surface area contributed by atoms with Gasteiger partial charge in [0.1, 0.15) is 5.00 Å². The van der Waals surface area contributed by atoms with Crippen molar-refractivity contribution in [2.24, 2.45) is 0 Å². The molecule has 0 aliphatic heterocycles. The molecule has 7 heteroatoms. The number of rotatable bonds is 3. The van der Waals surface area contributed by atoms with Gasteiger partial charge in [0.2, 0.25) is 0 Å². The standard InChI is InChI=1S/C5H5N5S2/c1(4-3-11-10-8-4)6-5-2-7-9-12-5/h2-3,6H,1H2. The van der Waals surface area contributed by atoms with Crippen molar-refractivity contribution in [3.63, 3.8) is 0 Å². The van der Waals surface area contributed by atoms with Crippen LogP contribution >= 0.6 is 23.1 Å². The van der Waals surface area contributed by atoms with Crippen molar-refractivity contribution in [3.8, 4) is 0 Å². The van der Waals surface area contributed by atoms with Gasteiger partial charge < -0.3 is 5.32 Å². The Bertz CT molecular complexity index is 281. The molecule has 2 aromatic heterocycles. The molecule has 5 nitrogen and oxygen atoms in total. The van der Waals surface area contributed by atoms with Gasteiger partial charge in [0.05, 0.1) is 18.4 Å². The lowest BCUT2D eigenvalue weighted by Gasteiger charge is -1.95. The Balaban J connectivity index is 1.91. The molecule has 2 rings (SSSR count). The number of hydrogen-bond donors (Lipinski definition) is 1. The van der Waals surface area contributed by atoms with Crippen molar-refractivity contribution in [3.05, 3.63) is 17.3 Å². The zero-order valence-electron chi connectivity index (χ0n) is 5.97. The summed E-state index contributed by atoms with van der Waals surface area (Å²) in [7, 11) is 0. The summed E-state index contributed by atoms with van der Waals surface area (Å²) in [5.41, 5.74) is 0.938. The molecule has 0 bridgehead atoms. The van der Waals surface area contributed by atoms with Crippen molar-refractivity contribution in [1.82, 2.24) is 19.2 Å². The summed E-state index contributed by atoms with van der Waals surface area (Å²) in [6.07, 6.45) is 1.68. The lowest BCUT2D eigenvalue weighted by molar-refractivity contribution is 1.00. The van der Waals surface area contributed by atoms with Crippen LogP contribution in [0.1, 0.15) is 5.69 Å². The molecular weight excluding hydrogens is 194 g/mol. The summed E-state index contributed by atoms with van der Waals surface area (Å²) in [6.45, 7) is 0.681. The Morgan fingerprint density at radius 3 is 3.08 bits per heavy atom. The van der Waals surface area contributed by atoms with Crippen LogP contribution in [0.2, 0.25) is 0 Å². The second-order valence-electron chi connectivity index (χ2n) is 2.03. The number of hydrogen-bond acceptors (Lipinski definition) is 7.